The maximum absolute atomic E-state index is 6.29. The molecule has 2 aromatic rings. The Bertz CT molecular complexity index is 508. The summed E-state index contributed by atoms with van der Waals surface area (Å²) in [6, 6.07) is 0.0106. The van der Waals surface area contributed by atoms with Crippen molar-refractivity contribution < 1.29 is 0 Å². The Balaban J connectivity index is 2.27. The van der Waals surface area contributed by atoms with E-state index in [0.29, 0.717) is 6.42 Å². The van der Waals surface area contributed by atoms with Gasteiger partial charge in [0.2, 0.25) is 0 Å². The molecule has 0 bridgehead atoms. The molecule has 7 heteroatoms. The summed E-state index contributed by atoms with van der Waals surface area (Å²) in [4.78, 5) is 5.16. The van der Waals surface area contributed by atoms with Gasteiger partial charge in [-0.2, -0.15) is 5.10 Å². The Morgan fingerprint density at radius 3 is 2.94 bits per heavy atom. The van der Waals surface area contributed by atoms with Gasteiger partial charge in [-0.3, -0.25) is 20.9 Å². The summed E-state index contributed by atoms with van der Waals surface area (Å²) >= 11 is 7.87. The lowest BCUT2D eigenvalue weighted by Gasteiger charge is -2.14. The number of aryl methyl sites for hydroxylation is 2. The van der Waals surface area contributed by atoms with E-state index in [4.69, 9.17) is 17.4 Å². The van der Waals surface area contributed by atoms with E-state index in [0.717, 1.165) is 27.8 Å². The van der Waals surface area contributed by atoms with Crippen LogP contribution in [0, 0.1) is 6.92 Å². The molecule has 0 aliphatic carbocycles. The average molecular weight is 286 g/mol. The van der Waals surface area contributed by atoms with Gasteiger partial charge in [-0.05, 0) is 13.8 Å². The number of nitrogens with zero attached hydrogens (tertiary/aromatic N) is 3. The van der Waals surface area contributed by atoms with E-state index < -0.39 is 0 Å². The van der Waals surface area contributed by atoms with Crippen LogP contribution in [-0.4, -0.2) is 14.8 Å². The number of hydrazine groups is 1. The number of thiazole rings is 1. The quantitative estimate of drug-likeness (QED) is 0.652. The third-order valence-corrected chi connectivity index (χ3v) is 4.23. The summed E-state index contributed by atoms with van der Waals surface area (Å²) in [5.74, 6) is 5.62. The van der Waals surface area contributed by atoms with Gasteiger partial charge in [0.05, 0.1) is 28.0 Å². The van der Waals surface area contributed by atoms with E-state index in [2.05, 4.69) is 15.5 Å². The first-order valence-electron chi connectivity index (χ1n) is 5.73. The van der Waals surface area contributed by atoms with Crippen molar-refractivity contribution in [3.05, 3.63) is 33.0 Å². The fourth-order valence-electron chi connectivity index (χ4n) is 1.90. The van der Waals surface area contributed by atoms with Crippen LogP contribution in [0.15, 0.2) is 11.7 Å². The summed E-state index contributed by atoms with van der Waals surface area (Å²) in [5.41, 5.74) is 6.47. The van der Waals surface area contributed by atoms with E-state index >= 15 is 0 Å². The van der Waals surface area contributed by atoms with Gasteiger partial charge in [0.1, 0.15) is 0 Å². The van der Waals surface area contributed by atoms with Crippen LogP contribution in [0.4, 0.5) is 0 Å². The van der Waals surface area contributed by atoms with E-state index in [1.54, 1.807) is 16.8 Å². The molecule has 0 aliphatic rings. The first kappa shape index (κ1) is 13.5. The van der Waals surface area contributed by atoms with Crippen LogP contribution in [0.3, 0.4) is 0 Å². The second kappa shape index (κ2) is 5.79. The molecule has 0 radical (unpaired) electrons. The van der Waals surface area contributed by atoms with E-state index in [1.807, 2.05) is 24.7 Å². The minimum atomic E-state index is 0.0106. The smallest absolute Gasteiger partial charge is 0.0847 e. The highest BCUT2D eigenvalue weighted by Gasteiger charge is 2.19. The fourth-order valence-corrected chi connectivity index (χ4v) is 2.79. The SMILES string of the molecule is CCn1nc(C)c(Cl)c1CC(NN)c1cncs1. The van der Waals surface area contributed by atoms with Gasteiger partial charge in [-0.15, -0.1) is 11.3 Å². The Labute approximate surface area is 115 Å². The minimum absolute atomic E-state index is 0.0106. The zero-order valence-electron chi connectivity index (χ0n) is 10.4. The van der Waals surface area contributed by atoms with Crippen LogP contribution in [-0.2, 0) is 13.0 Å². The summed E-state index contributed by atoms with van der Waals surface area (Å²) in [7, 11) is 0. The molecule has 0 fully saturated rings. The van der Waals surface area contributed by atoms with Gasteiger partial charge < -0.3 is 0 Å². The maximum atomic E-state index is 6.29. The van der Waals surface area contributed by atoms with Crippen LogP contribution in [0.1, 0.15) is 29.2 Å². The fraction of sp³-hybridized carbons (Fsp3) is 0.455. The lowest BCUT2D eigenvalue weighted by Crippen LogP contribution is -2.29. The molecule has 0 amide bonds. The van der Waals surface area contributed by atoms with Crippen molar-refractivity contribution in [2.45, 2.75) is 32.9 Å². The maximum Gasteiger partial charge on any atom is 0.0847 e. The predicted molar refractivity (Wildman–Crippen MR) is 73.5 cm³/mol. The Hall–Kier alpha value is -0.950. The molecule has 1 unspecified atom stereocenters. The van der Waals surface area contributed by atoms with Crippen molar-refractivity contribution in [2.75, 3.05) is 0 Å². The molecule has 0 saturated carbocycles. The average Bonchev–Trinajstić information content (AvgIpc) is 2.98. The number of aromatic nitrogens is 3. The Morgan fingerprint density at radius 2 is 2.39 bits per heavy atom. The largest absolute Gasteiger partial charge is 0.271 e. The minimum Gasteiger partial charge on any atom is -0.271 e. The highest BCUT2D eigenvalue weighted by Crippen LogP contribution is 2.27. The van der Waals surface area contributed by atoms with Crippen molar-refractivity contribution in [3.63, 3.8) is 0 Å². The molecular formula is C11H16ClN5S. The molecule has 2 aromatic heterocycles. The van der Waals surface area contributed by atoms with E-state index in [-0.39, 0.29) is 6.04 Å². The summed E-state index contributed by atoms with van der Waals surface area (Å²) in [6.07, 6.45) is 2.52. The van der Waals surface area contributed by atoms with E-state index in [9.17, 15) is 0 Å². The molecule has 0 saturated heterocycles. The molecule has 0 aliphatic heterocycles. The number of hydrogen-bond acceptors (Lipinski definition) is 5. The van der Waals surface area contributed by atoms with Crippen molar-refractivity contribution in [3.8, 4) is 0 Å². The van der Waals surface area contributed by atoms with Gasteiger partial charge in [0.15, 0.2) is 0 Å². The number of rotatable bonds is 5. The van der Waals surface area contributed by atoms with Gasteiger partial charge in [-0.1, -0.05) is 11.6 Å². The van der Waals surface area contributed by atoms with Gasteiger partial charge >= 0.3 is 0 Å². The Kier molecular flexibility index (Phi) is 4.34. The van der Waals surface area contributed by atoms with E-state index in [1.165, 1.54) is 0 Å². The lowest BCUT2D eigenvalue weighted by molar-refractivity contribution is 0.522. The molecule has 98 valence electrons. The molecule has 0 spiro atoms. The van der Waals surface area contributed by atoms with Crippen LogP contribution in [0.5, 0.6) is 0 Å². The van der Waals surface area contributed by atoms with Gasteiger partial charge in [0.25, 0.3) is 0 Å². The summed E-state index contributed by atoms with van der Waals surface area (Å²) in [6.45, 7) is 4.75. The van der Waals surface area contributed by atoms with Gasteiger partial charge in [0, 0.05) is 24.0 Å². The third kappa shape index (κ3) is 2.56. The topological polar surface area (TPSA) is 68.8 Å². The summed E-state index contributed by atoms with van der Waals surface area (Å²) < 4.78 is 1.92. The van der Waals surface area contributed by atoms with Gasteiger partial charge in [-0.25, -0.2) is 0 Å². The molecule has 3 N–H and O–H groups in total. The monoisotopic (exact) mass is 285 g/mol. The third-order valence-electron chi connectivity index (χ3n) is 2.85. The van der Waals surface area contributed by atoms with Crippen LogP contribution >= 0.6 is 22.9 Å². The lowest BCUT2D eigenvalue weighted by atomic mass is 10.1. The van der Waals surface area contributed by atoms with Crippen LogP contribution in [0.25, 0.3) is 0 Å². The molecule has 2 rings (SSSR count). The zero-order chi connectivity index (χ0) is 13.1. The summed E-state index contributed by atoms with van der Waals surface area (Å²) in [5, 5.41) is 5.12. The highest BCUT2D eigenvalue weighted by molar-refractivity contribution is 7.09. The molecular weight excluding hydrogens is 270 g/mol. The highest BCUT2D eigenvalue weighted by atomic mass is 35.5. The molecule has 1 atom stereocenters. The molecule has 5 nitrogen and oxygen atoms in total. The van der Waals surface area contributed by atoms with Crippen molar-refractivity contribution in [1.29, 1.82) is 0 Å². The van der Waals surface area contributed by atoms with Crippen molar-refractivity contribution in [1.82, 2.24) is 20.2 Å². The number of nitrogens with two attached hydrogens (primary N) is 1. The second-order valence-corrected chi connectivity index (χ2v) is 5.28. The number of nitrogens with one attached hydrogen (secondary N) is 1. The normalized spacial score (nSPS) is 12.9. The van der Waals surface area contributed by atoms with Crippen LogP contribution in [0.2, 0.25) is 5.02 Å². The predicted octanol–water partition coefficient (Wildman–Crippen LogP) is 2.07. The van der Waals surface area contributed by atoms with Crippen molar-refractivity contribution in [2.24, 2.45) is 5.84 Å². The molecule has 18 heavy (non-hydrogen) atoms. The number of halogens is 1. The zero-order valence-corrected chi connectivity index (χ0v) is 11.9. The van der Waals surface area contributed by atoms with Crippen molar-refractivity contribution >= 4 is 22.9 Å². The first-order chi connectivity index (χ1) is 8.67. The molecule has 2 heterocycles. The first-order valence-corrected chi connectivity index (χ1v) is 6.99. The standard InChI is InChI=1S/C11H16ClN5S/c1-3-17-9(11(12)7(2)16-17)4-8(15-13)10-5-14-6-18-10/h5-6,8,15H,3-4,13H2,1-2H3. The molecule has 0 aromatic carbocycles. The van der Waals surface area contributed by atoms with Crippen LogP contribution < -0.4 is 11.3 Å². The Morgan fingerprint density at radius 1 is 1.61 bits per heavy atom. The second-order valence-electron chi connectivity index (χ2n) is 3.99. The number of hydrogen-bond donors (Lipinski definition) is 2.